The van der Waals surface area contributed by atoms with Gasteiger partial charge in [0.2, 0.25) is 0 Å². The van der Waals surface area contributed by atoms with Gasteiger partial charge in [0, 0.05) is 25.2 Å². The lowest BCUT2D eigenvalue weighted by Gasteiger charge is -2.26. The molecule has 0 spiro atoms. The maximum absolute atomic E-state index is 12.6. The van der Waals surface area contributed by atoms with Crippen molar-refractivity contribution in [1.82, 2.24) is 10.2 Å². The first-order valence-electron chi connectivity index (χ1n) is 10.0. The van der Waals surface area contributed by atoms with E-state index in [1.54, 1.807) is 0 Å². The summed E-state index contributed by atoms with van der Waals surface area (Å²) in [4.78, 5) is 15.0. The van der Waals surface area contributed by atoms with Gasteiger partial charge in [0.15, 0.2) is 0 Å². The maximum atomic E-state index is 12.6. The molecule has 0 radical (unpaired) electrons. The van der Waals surface area contributed by atoms with Gasteiger partial charge in [0.25, 0.3) is 5.91 Å². The molecule has 4 nitrogen and oxygen atoms in total. The van der Waals surface area contributed by atoms with Crippen molar-refractivity contribution in [3.05, 3.63) is 70.3 Å². The Kier molecular flexibility index (Phi) is 5.55. The zero-order chi connectivity index (χ0) is 18.6. The van der Waals surface area contributed by atoms with Crippen molar-refractivity contribution in [2.45, 2.75) is 38.8 Å². The molecule has 4 rings (SSSR count). The maximum Gasteiger partial charge on any atom is 0.251 e. The molecule has 4 heteroatoms. The molecule has 2 aromatic rings. The minimum absolute atomic E-state index is 0.0106. The number of hydrogen-bond donors (Lipinski definition) is 1. The first-order valence-corrected chi connectivity index (χ1v) is 10.0. The zero-order valence-corrected chi connectivity index (χ0v) is 16.0. The van der Waals surface area contributed by atoms with Crippen LogP contribution in [0, 0.1) is 0 Å². The number of carbonyl (C=O) groups excluding carboxylic acids is 1. The molecule has 1 amide bonds. The SMILES string of the molecule is C[C@@H](NC(=O)c1ccc(CN2CCOCC2)cc1)c1ccc2c(c1)CCC2. The molecule has 2 aromatic carbocycles. The van der Waals surface area contributed by atoms with Gasteiger partial charge in [-0.15, -0.1) is 0 Å². The Labute approximate surface area is 161 Å². The van der Waals surface area contributed by atoms with E-state index in [0.29, 0.717) is 5.56 Å². The van der Waals surface area contributed by atoms with Crippen LogP contribution in [0.25, 0.3) is 0 Å². The molecule has 142 valence electrons. The van der Waals surface area contributed by atoms with Crippen LogP contribution in [-0.4, -0.2) is 37.1 Å². The van der Waals surface area contributed by atoms with Gasteiger partial charge in [-0.05, 0) is 60.6 Å². The number of fused-ring (bicyclic) bond motifs is 1. The molecule has 27 heavy (non-hydrogen) atoms. The third-order valence-corrected chi connectivity index (χ3v) is 5.70. The van der Waals surface area contributed by atoms with Crippen LogP contribution in [0.1, 0.15) is 52.0 Å². The van der Waals surface area contributed by atoms with E-state index in [1.807, 2.05) is 12.1 Å². The molecule has 1 N–H and O–H groups in total. The highest BCUT2D eigenvalue weighted by molar-refractivity contribution is 5.94. The Bertz CT molecular complexity index is 795. The van der Waals surface area contributed by atoms with Gasteiger partial charge >= 0.3 is 0 Å². The van der Waals surface area contributed by atoms with Crippen molar-refractivity contribution in [1.29, 1.82) is 0 Å². The van der Waals surface area contributed by atoms with E-state index < -0.39 is 0 Å². The van der Waals surface area contributed by atoms with Crippen molar-refractivity contribution in [2.24, 2.45) is 0 Å². The number of rotatable bonds is 5. The number of amides is 1. The van der Waals surface area contributed by atoms with Crippen molar-refractivity contribution < 1.29 is 9.53 Å². The first kappa shape index (κ1) is 18.2. The monoisotopic (exact) mass is 364 g/mol. The lowest BCUT2D eigenvalue weighted by molar-refractivity contribution is 0.0342. The molecule has 1 heterocycles. The molecule has 1 saturated heterocycles. The summed E-state index contributed by atoms with van der Waals surface area (Å²) in [5.41, 5.74) is 6.05. The minimum atomic E-state index is -0.0130. The molecular formula is C23H28N2O2. The fraction of sp³-hybridized carbons (Fsp3) is 0.435. The van der Waals surface area contributed by atoms with Crippen molar-refractivity contribution in [2.75, 3.05) is 26.3 Å². The predicted molar refractivity (Wildman–Crippen MR) is 107 cm³/mol. The number of nitrogens with zero attached hydrogens (tertiary/aromatic N) is 1. The summed E-state index contributed by atoms with van der Waals surface area (Å²) in [6.45, 7) is 6.53. The number of nitrogens with one attached hydrogen (secondary N) is 1. The third-order valence-electron chi connectivity index (χ3n) is 5.70. The van der Waals surface area contributed by atoms with Crippen LogP contribution in [0.3, 0.4) is 0 Å². The van der Waals surface area contributed by atoms with Gasteiger partial charge in [0.1, 0.15) is 0 Å². The van der Waals surface area contributed by atoms with Crippen LogP contribution in [0.4, 0.5) is 0 Å². The summed E-state index contributed by atoms with van der Waals surface area (Å²) >= 11 is 0. The largest absolute Gasteiger partial charge is 0.379 e. The molecular weight excluding hydrogens is 336 g/mol. The first-order chi connectivity index (χ1) is 13.2. The summed E-state index contributed by atoms with van der Waals surface area (Å²) in [7, 11) is 0. The second-order valence-electron chi connectivity index (χ2n) is 7.66. The van der Waals surface area contributed by atoms with Crippen LogP contribution in [-0.2, 0) is 24.1 Å². The van der Waals surface area contributed by atoms with Crippen molar-refractivity contribution in [3.63, 3.8) is 0 Å². The lowest BCUT2D eigenvalue weighted by Crippen LogP contribution is -2.35. The number of aryl methyl sites for hydroxylation is 2. The van der Waals surface area contributed by atoms with E-state index in [9.17, 15) is 4.79 Å². The van der Waals surface area contributed by atoms with Crippen LogP contribution in [0.2, 0.25) is 0 Å². The summed E-state index contributed by atoms with van der Waals surface area (Å²) in [5.74, 6) is -0.0130. The Hall–Kier alpha value is -2.17. The minimum Gasteiger partial charge on any atom is -0.379 e. The van der Waals surface area contributed by atoms with E-state index in [2.05, 4.69) is 47.5 Å². The van der Waals surface area contributed by atoms with Crippen LogP contribution >= 0.6 is 0 Å². The van der Waals surface area contributed by atoms with Crippen LogP contribution < -0.4 is 5.32 Å². The van der Waals surface area contributed by atoms with Crippen molar-refractivity contribution >= 4 is 5.91 Å². The molecule has 0 bridgehead atoms. The van der Waals surface area contributed by atoms with Gasteiger partial charge in [-0.25, -0.2) is 0 Å². The number of morpholine rings is 1. The van der Waals surface area contributed by atoms with Crippen LogP contribution in [0.5, 0.6) is 0 Å². The molecule has 1 aliphatic heterocycles. The summed E-state index contributed by atoms with van der Waals surface area (Å²) in [6, 6.07) is 14.6. The third kappa shape index (κ3) is 4.40. The predicted octanol–water partition coefficient (Wildman–Crippen LogP) is 3.50. The Morgan fingerprint density at radius 3 is 2.59 bits per heavy atom. The molecule has 1 atom stereocenters. The van der Waals surface area contributed by atoms with E-state index in [-0.39, 0.29) is 11.9 Å². The number of ether oxygens (including phenoxy) is 1. The van der Waals surface area contributed by atoms with E-state index in [0.717, 1.165) is 39.3 Å². The Morgan fingerprint density at radius 1 is 1.07 bits per heavy atom. The molecule has 0 unspecified atom stereocenters. The van der Waals surface area contributed by atoms with E-state index >= 15 is 0 Å². The fourth-order valence-electron chi connectivity index (χ4n) is 4.00. The van der Waals surface area contributed by atoms with Gasteiger partial charge in [-0.3, -0.25) is 9.69 Å². The Balaban J connectivity index is 1.36. The molecule has 0 aromatic heterocycles. The smallest absolute Gasteiger partial charge is 0.251 e. The van der Waals surface area contributed by atoms with E-state index in [1.165, 1.54) is 35.1 Å². The summed E-state index contributed by atoms with van der Waals surface area (Å²) < 4.78 is 5.39. The topological polar surface area (TPSA) is 41.6 Å². The lowest BCUT2D eigenvalue weighted by atomic mass is 10.0. The average molecular weight is 364 g/mol. The highest BCUT2D eigenvalue weighted by Gasteiger charge is 2.16. The van der Waals surface area contributed by atoms with Gasteiger partial charge in [0.05, 0.1) is 19.3 Å². The fourth-order valence-corrected chi connectivity index (χ4v) is 4.00. The number of benzene rings is 2. The average Bonchev–Trinajstić information content (AvgIpc) is 3.17. The van der Waals surface area contributed by atoms with Gasteiger partial charge in [-0.1, -0.05) is 30.3 Å². The standard InChI is InChI=1S/C23H28N2O2/c1-17(21-10-9-19-3-2-4-22(19)15-21)24-23(26)20-7-5-18(6-8-20)16-25-11-13-27-14-12-25/h5-10,15,17H,2-4,11-14,16H2,1H3,(H,24,26)/t17-/m1/s1. The zero-order valence-electron chi connectivity index (χ0n) is 16.0. The van der Waals surface area contributed by atoms with Crippen molar-refractivity contribution in [3.8, 4) is 0 Å². The Morgan fingerprint density at radius 2 is 1.81 bits per heavy atom. The second-order valence-corrected chi connectivity index (χ2v) is 7.66. The summed E-state index contributed by atoms with van der Waals surface area (Å²) in [6.07, 6.45) is 3.60. The molecule has 1 aliphatic carbocycles. The quantitative estimate of drug-likeness (QED) is 0.883. The number of hydrogen-bond acceptors (Lipinski definition) is 3. The molecule has 0 saturated carbocycles. The normalized spacial score (nSPS) is 18.1. The summed E-state index contributed by atoms with van der Waals surface area (Å²) in [5, 5.41) is 3.14. The van der Waals surface area contributed by atoms with Crippen LogP contribution in [0.15, 0.2) is 42.5 Å². The number of carbonyl (C=O) groups is 1. The highest BCUT2D eigenvalue weighted by atomic mass is 16.5. The second kappa shape index (κ2) is 8.24. The van der Waals surface area contributed by atoms with Gasteiger partial charge in [-0.2, -0.15) is 0 Å². The molecule has 2 aliphatic rings. The highest BCUT2D eigenvalue weighted by Crippen LogP contribution is 2.25. The molecule has 1 fully saturated rings. The van der Waals surface area contributed by atoms with Gasteiger partial charge < -0.3 is 10.1 Å². The van der Waals surface area contributed by atoms with E-state index in [4.69, 9.17) is 4.74 Å².